The van der Waals surface area contributed by atoms with Crippen LogP contribution in [0.25, 0.3) is 15.7 Å². The molecule has 6 heteroatoms. The first kappa shape index (κ1) is 12.0. The third-order valence-electron chi connectivity index (χ3n) is 2.14. The molecule has 1 atom stereocenters. The van der Waals surface area contributed by atoms with E-state index in [2.05, 4.69) is 9.77 Å². The molecule has 0 saturated carbocycles. The predicted octanol–water partition coefficient (Wildman–Crippen LogP) is 2.65. The zero-order valence-corrected chi connectivity index (χ0v) is 10.7. The van der Waals surface area contributed by atoms with Crippen LogP contribution in [0, 0.1) is 0 Å². The Morgan fingerprint density at radius 1 is 1.59 bits per heavy atom. The molecule has 4 nitrogen and oxygen atoms in total. The predicted molar refractivity (Wildman–Crippen MR) is 69.6 cm³/mol. The molecule has 0 aliphatic rings. The molecule has 1 heterocycles. The zero-order valence-electron chi connectivity index (χ0n) is 9.03. The summed E-state index contributed by atoms with van der Waals surface area (Å²) in [7, 11) is 0. The van der Waals surface area contributed by atoms with Gasteiger partial charge in [-0.25, -0.2) is 4.98 Å². The van der Waals surface area contributed by atoms with Crippen molar-refractivity contribution in [3.05, 3.63) is 29.8 Å². The fourth-order valence-corrected chi connectivity index (χ4v) is 3.49. The Bertz CT molecular complexity index is 569. The SMILES string of the molecule is C[C@@H](Sc1nc2ccccc2s1)C(=O)C=[N+]=[N-]. The van der Waals surface area contributed by atoms with E-state index in [1.54, 1.807) is 18.3 Å². The maximum atomic E-state index is 11.4. The standard InChI is InChI=1S/C11H9N3OS2/c1-7(9(15)6-13-12)16-11-14-8-4-2-3-5-10(8)17-11/h2-7H,1H3/t7-/m1/s1. The summed E-state index contributed by atoms with van der Waals surface area (Å²) >= 11 is 2.93. The van der Waals surface area contributed by atoms with Crippen LogP contribution in [0.2, 0.25) is 0 Å². The molecule has 2 rings (SSSR count). The number of hydrogen-bond donors (Lipinski definition) is 0. The van der Waals surface area contributed by atoms with Crippen molar-refractivity contribution in [3.63, 3.8) is 0 Å². The summed E-state index contributed by atoms with van der Waals surface area (Å²) in [6.07, 6.45) is 0.922. The molecule has 0 bridgehead atoms. The number of hydrogen-bond acceptors (Lipinski definition) is 4. The second-order valence-electron chi connectivity index (χ2n) is 3.35. The van der Waals surface area contributed by atoms with Crippen molar-refractivity contribution in [2.75, 3.05) is 0 Å². The summed E-state index contributed by atoms with van der Waals surface area (Å²) in [6, 6.07) is 7.84. The van der Waals surface area contributed by atoms with Crippen LogP contribution in [-0.2, 0) is 4.79 Å². The van der Waals surface area contributed by atoms with Crippen molar-refractivity contribution in [3.8, 4) is 0 Å². The number of carbonyl (C=O) groups is 1. The van der Waals surface area contributed by atoms with Gasteiger partial charge in [-0.2, -0.15) is 4.79 Å². The van der Waals surface area contributed by atoms with Crippen LogP contribution < -0.4 is 0 Å². The minimum Gasteiger partial charge on any atom is -0.361 e. The molecule has 17 heavy (non-hydrogen) atoms. The first-order chi connectivity index (χ1) is 8.20. The summed E-state index contributed by atoms with van der Waals surface area (Å²) < 4.78 is 1.95. The maximum Gasteiger partial charge on any atom is 0.324 e. The minimum atomic E-state index is -0.300. The summed E-state index contributed by atoms with van der Waals surface area (Å²) in [5.41, 5.74) is 9.23. The number of aromatic nitrogens is 1. The van der Waals surface area contributed by atoms with Gasteiger partial charge in [-0.3, -0.25) is 4.79 Å². The molecule has 0 N–H and O–H groups in total. The summed E-state index contributed by atoms with van der Waals surface area (Å²) in [4.78, 5) is 18.6. The highest BCUT2D eigenvalue weighted by atomic mass is 32.2. The molecular formula is C11H9N3OS2. The molecule has 0 saturated heterocycles. The van der Waals surface area contributed by atoms with Gasteiger partial charge in [-0.1, -0.05) is 23.9 Å². The Balaban J connectivity index is 2.18. The molecule has 86 valence electrons. The van der Waals surface area contributed by atoms with E-state index in [9.17, 15) is 4.79 Å². The lowest BCUT2D eigenvalue weighted by atomic mass is 10.3. The number of thiazole rings is 1. The Morgan fingerprint density at radius 2 is 2.35 bits per heavy atom. The lowest BCUT2D eigenvalue weighted by Gasteiger charge is -2.00. The lowest BCUT2D eigenvalue weighted by molar-refractivity contribution is -0.115. The monoisotopic (exact) mass is 263 g/mol. The second-order valence-corrected chi connectivity index (χ2v) is 5.97. The lowest BCUT2D eigenvalue weighted by Crippen LogP contribution is -2.14. The van der Waals surface area contributed by atoms with E-state index in [0.717, 1.165) is 20.8 Å². The van der Waals surface area contributed by atoms with Gasteiger partial charge in [0.2, 0.25) is 5.78 Å². The number of para-hydroxylation sites is 1. The highest BCUT2D eigenvalue weighted by Crippen LogP contribution is 2.31. The number of Topliss-reactive ketones (excluding diaryl/α,β-unsaturated/α-hetero) is 1. The van der Waals surface area contributed by atoms with Crippen LogP contribution in [0.5, 0.6) is 0 Å². The molecule has 0 unspecified atom stereocenters. The third kappa shape index (κ3) is 2.79. The van der Waals surface area contributed by atoms with Crippen LogP contribution in [0.4, 0.5) is 0 Å². The average molecular weight is 263 g/mol. The first-order valence-corrected chi connectivity index (χ1v) is 6.64. The van der Waals surface area contributed by atoms with Crippen molar-refractivity contribution in [1.29, 1.82) is 0 Å². The smallest absolute Gasteiger partial charge is 0.324 e. The van der Waals surface area contributed by atoms with Gasteiger partial charge < -0.3 is 5.53 Å². The molecule has 0 aliphatic carbocycles. The van der Waals surface area contributed by atoms with Crippen molar-refractivity contribution >= 4 is 45.3 Å². The number of benzene rings is 1. The summed E-state index contributed by atoms with van der Waals surface area (Å²) in [5.74, 6) is -0.225. The largest absolute Gasteiger partial charge is 0.361 e. The third-order valence-corrected chi connectivity index (χ3v) is 4.39. The van der Waals surface area contributed by atoms with Gasteiger partial charge in [-0.15, -0.1) is 11.3 Å². The van der Waals surface area contributed by atoms with Crippen LogP contribution in [0.1, 0.15) is 6.92 Å². The van der Waals surface area contributed by atoms with Crippen LogP contribution in [0.3, 0.4) is 0 Å². The zero-order chi connectivity index (χ0) is 12.3. The van der Waals surface area contributed by atoms with Crippen molar-refractivity contribution in [2.45, 2.75) is 16.5 Å². The summed E-state index contributed by atoms with van der Waals surface area (Å²) in [5, 5.41) is -0.300. The molecule has 0 radical (unpaired) electrons. The average Bonchev–Trinajstić information content (AvgIpc) is 2.71. The first-order valence-electron chi connectivity index (χ1n) is 4.94. The van der Waals surface area contributed by atoms with Gasteiger partial charge in [0.1, 0.15) is 0 Å². The van der Waals surface area contributed by atoms with Crippen LogP contribution >= 0.6 is 23.1 Å². The van der Waals surface area contributed by atoms with E-state index < -0.39 is 0 Å². The van der Waals surface area contributed by atoms with Crippen LogP contribution in [0.15, 0.2) is 28.6 Å². The van der Waals surface area contributed by atoms with E-state index in [0.29, 0.717) is 0 Å². The van der Waals surface area contributed by atoms with Crippen molar-refractivity contribution in [1.82, 2.24) is 4.98 Å². The molecule has 0 amide bonds. The van der Waals surface area contributed by atoms with E-state index in [4.69, 9.17) is 5.53 Å². The van der Waals surface area contributed by atoms with Gasteiger partial charge >= 0.3 is 6.21 Å². The number of thioether (sulfide) groups is 1. The molecule has 1 aromatic heterocycles. The number of rotatable bonds is 4. The van der Waals surface area contributed by atoms with Gasteiger partial charge in [-0.05, 0) is 19.1 Å². The topological polar surface area (TPSA) is 66.4 Å². The molecule has 2 aromatic rings. The fourth-order valence-electron chi connectivity index (χ4n) is 1.27. The van der Waals surface area contributed by atoms with Gasteiger partial charge in [0.05, 0.1) is 15.5 Å². The van der Waals surface area contributed by atoms with E-state index in [1.165, 1.54) is 11.8 Å². The minimum absolute atomic E-state index is 0.225. The van der Waals surface area contributed by atoms with Gasteiger partial charge in [0, 0.05) is 0 Å². The Kier molecular flexibility index (Phi) is 3.68. The highest BCUT2D eigenvalue weighted by molar-refractivity contribution is 8.02. The normalized spacial score (nSPS) is 12.1. The Morgan fingerprint density at radius 3 is 3.06 bits per heavy atom. The quantitative estimate of drug-likeness (QED) is 0.368. The number of fused-ring (bicyclic) bond motifs is 1. The molecular weight excluding hydrogens is 254 g/mol. The van der Waals surface area contributed by atoms with Crippen molar-refractivity contribution in [2.24, 2.45) is 0 Å². The van der Waals surface area contributed by atoms with Crippen molar-refractivity contribution < 1.29 is 9.58 Å². The second kappa shape index (κ2) is 5.23. The maximum absolute atomic E-state index is 11.4. The van der Waals surface area contributed by atoms with E-state index in [-0.39, 0.29) is 11.0 Å². The molecule has 0 aliphatic heterocycles. The molecule has 1 aromatic carbocycles. The number of ketones is 1. The summed E-state index contributed by atoms with van der Waals surface area (Å²) in [6.45, 7) is 1.76. The van der Waals surface area contributed by atoms with E-state index >= 15 is 0 Å². The van der Waals surface area contributed by atoms with Gasteiger partial charge in [0.15, 0.2) is 4.34 Å². The Labute approximate surface area is 106 Å². The highest BCUT2D eigenvalue weighted by Gasteiger charge is 2.17. The fraction of sp³-hybridized carbons (Fsp3) is 0.182. The number of carbonyl (C=O) groups excluding carboxylic acids is 1. The van der Waals surface area contributed by atoms with E-state index in [1.807, 2.05) is 24.3 Å². The molecule has 0 spiro atoms. The Hall–Kier alpha value is -1.49. The molecule has 0 fully saturated rings. The number of nitrogens with zero attached hydrogens (tertiary/aromatic N) is 3. The van der Waals surface area contributed by atoms with Crippen LogP contribution in [-0.4, -0.2) is 27.0 Å². The van der Waals surface area contributed by atoms with Gasteiger partial charge in [0.25, 0.3) is 0 Å².